The average molecular weight is 362 g/mol. The maximum atomic E-state index is 9.29. The van der Waals surface area contributed by atoms with Crippen molar-refractivity contribution >= 4 is 39.3 Å². The van der Waals surface area contributed by atoms with Crippen molar-refractivity contribution in [2.45, 2.75) is 23.9 Å². The summed E-state index contributed by atoms with van der Waals surface area (Å²) in [6, 6.07) is 10.1. The van der Waals surface area contributed by atoms with Crippen LogP contribution in [0.3, 0.4) is 0 Å². The van der Waals surface area contributed by atoms with Crippen molar-refractivity contribution in [2.75, 3.05) is 19.0 Å². The largest absolute Gasteiger partial charge is 0.473 e. The van der Waals surface area contributed by atoms with Crippen LogP contribution in [0, 0.1) is 0 Å². The van der Waals surface area contributed by atoms with E-state index in [0.717, 1.165) is 10.6 Å². The molecule has 0 radical (unpaired) electrons. The molecule has 0 unspecified atom stereocenters. The summed E-state index contributed by atoms with van der Waals surface area (Å²) >= 11 is 2.95. The second-order valence-corrected chi connectivity index (χ2v) is 7.08. The Balaban J connectivity index is 1.89. The van der Waals surface area contributed by atoms with Crippen molar-refractivity contribution in [2.24, 2.45) is 0 Å². The molecule has 0 saturated heterocycles. The van der Waals surface area contributed by atoms with Gasteiger partial charge in [-0.25, -0.2) is 9.97 Å². The number of thioether (sulfide) groups is 1. The Labute approximate surface area is 148 Å². The van der Waals surface area contributed by atoms with Crippen molar-refractivity contribution in [3.63, 3.8) is 0 Å². The van der Waals surface area contributed by atoms with Crippen LogP contribution in [0.15, 0.2) is 35.5 Å². The van der Waals surface area contributed by atoms with Gasteiger partial charge in [-0.15, -0.1) is 0 Å². The third-order valence-electron chi connectivity index (χ3n) is 3.26. The molecule has 0 aliphatic heterocycles. The van der Waals surface area contributed by atoms with Gasteiger partial charge < -0.3 is 15.2 Å². The van der Waals surface area contributed by atoms with Gasteiger partial charge in [0.1, 0.15) is 5.52 Å². The van der Waals surface area contributed by atoms with E-state index in [1.807, 2.05) is 25.1 Å². The molecule has 6 nitrogen and oxygen atoms in total. The van der Waals surface area contributed by atoms with Gasteiger partial charge in [0.15, 0.2) is 15.8 Å². The number of anilines is 1. The monoisotopic (exact) mass is 362 g/mol. The summed E-state index contributed by atoms with van der Waals surface area (Å²) in [5, 5.41) is 13.7. The van der Waals surface area contributed by atoms with Crippen LogP contribution in [-0.2, 0) is 5.75 Å². The van der Waals surface area contributed by atoms with E-state index in [1.54, 1.807) is 18.9 Å². The molecule has 3 rings (SSSR count). The second kappa shape index (κ2) is 7.78. The Kier molecular flexibility index (Phi) is 5.49. The van der Waals surface area contributed by atoms with Gasteiger partial charge in [0.2, 0.25) is 0 Å². The summed E-state index contributed by atoms with van der Waals surface area (Å²) in [4.78, 5) is 14.3. The molecule has 24 heavy (non-hydrogen) atoms. The van der Waals surface area contributed by atoms with Crippen LogP contribution in [0.2, 0.25) is 0 Å². The van der Waals surface area contributed by atoms with E-state index in [9.17, 15) is 5.11 Å². The van der Waals surface area contributed by atoms with Crippen molar-refractivity contribution in [3.05, 3.63) is 35.9 Å². The molecule has 2 aromatic heterocycles. The van der Waals surface area contributed by atoms with Crippen LogP contribution in [0.25, 0.3) is 10.3 Å². The summed E-state index contributed by atoms with van der Waals surface area (Å²) in [5.74, 6) is 1.41. The summed E-state index contributed by atoms with van der Waals surface area (Å²) in [5.41, 5.74) is 1.88. The molecular weight excluding hydrogens is 344 g/mol. The molecule has 2 heterocycles. The first-order valence-electron chi connectivity index (χ1n) is 7.46. The van der Waals surface area contributed by atoms with Crippen LogP contribution in [0.1, 0.15) is 12.5 Å². The van der Waals surface area contributed by atoms with Gasteiger partial charge >= 0.3 is 0 Å². The van der Waals surface area contributed by atoms with Gasteiger partial charge in [0.25, 0.3) is 5.19 Å². The van der Waals surface area contributed by atoms with E-state index in [2.05, 4.69) is 32.4 Å². The molecular formula is C16H18N4O2S2. The minimum Gasteiger partial charge on any atom is -0.473 e. The van der Waals surface area contributed by atoms with Crippen LogP contribution < -0.4 is 10.1 Å². The average Bonchev–Trinajstić information content (AvgIpc) is 3.04. The lowest BCUT2D eigenvalue weighted by Crippen LogP contribution is -2.20. The molecule has 0 saturated carbocycles. The number of hydrogen-bond acceptors (Lipinski definition) is 8. The van der Waals surface area contributed by atoms with E-state index in [1.165, 1.54) is 16.9 Å². The number of methoxy groups -OCH3 is 1. The molecule has 126 valence electrons. The molecule has 8 heteroatoms. The number of benzene rings is 1. The normalized spacial score (nSPS) is 12.3. The molecule has 2 N–H and O–H groups in total. The van der Waals surface area contributed by atoms with Gasteiger partial charge in [-0.05, 0) is 12.5 Å². The Morgan fingerprint density at radius 2 is 2.04 bits per heavy atom. The highest BCUT2D eigenvalue weighted by Gasteiger charge is 2.15. The topological polar surface area (TPSA) is 80.2 Å². The van der Waals surface area contributed by atoms with E-state index in [4.69, 9.17) is 4.74 Å². The molecule has 0 spiro atoms. The maximum Gasteiger partial charge on any atom is 0.275 e. The van der Waals surface area contributed by atoms with Gasteiger partial charge in [-0.2, -0.15) is 4.98 Å². The fraction of sp³-hybridized carbons (Fsp3) is 0.312. The number of nitrogens with zero attached hydrogens (tertiary/aromatic N) is 3. The SMILES string of the molecule is COc1nc2c(N[C@H](C)CO)nc(SCc3ccccc3)nc2s1. The highest BCUT2D eigenvalue weighted by atomic mass is 32.2. The third-order valence-corrected chi connectivity index (χ3v) is 5.09. The quantitative estimate of drug-likeness (QED) is 0.493. The predicted octanol–water partition coefficient (Wildman–Crippen LogP) is 3.18. The number of rotatable bonds is 7. The molecule has 3 aromatic rings. The van der Waals surface area contributed by atoms with Crippen LogP contribution in [0.4, 0.5) is 5.82 Å². The first kappa shape index (κ1) is 16.9. The number of aliphatic hydroxyl groups is 1. The minimum absolute atomic E-state index is 0.0132. The number of thiazole rings is 1. The number of nitrogens with one attached hydrogen (secondary N) is 1. The maximum absolute atomic E-state index is 9.29. The molecule has 0 amide bonds. The fourth-order valence-electron chi connectivity index (χ4n) is 2.04. The number of aliphatic hydroxyl groups excluding tert-OH is 1. The van der Waals surface area contributed by atoms with Crippen molar-refractivity contribution in [1.82, 2.24) is 15.0 Å². The van der Waals surface area contributed by atoms with Crippen LogP contribution >= 0.6 is 23.1 Å². The number of ether oxygens (including phenoxy) is 1. The minimum atomic E-state index is -0.122. The zero-order valence-corrected chi connectivity index (χ0v) is 15.0. The summed E-state index contributed by atoms with van der Waals surface area (Å²) in [6.07, 6.45) is 0. The van der Waals surface area contributed by atoms with Gasteiger partial charge in [-0.1, -0.05) is 53.4 Å². The molecule has 0 bridgehead atoms. The lowest BCUT2D eigenvalue weighted by atomic mass is 10.2. The van der Waals surface area contributed by atoms with Gasteiger partial charge in [0.05, 0.1) is 13.7 Å². The van der Waals surface area contributed by atoms with E-state index < -0.39 is 0 Å². The standard InChI is InChI=1S/C16H18N4O2S2/c1-10(8-21)17-13-12-14(24-16(18-12)22-2)20-15(19-13)23-9-11-6-4-3-5-7-11/h3-7,10,21H,8-9H2,1-2H3,(H,17,19,20)/t10-/m1/s1. The lowest BCUT2D eigenvalue weighted by molar-refractivity contribution is 0.281. The van der Waals surface area contributed by atoms with E-state index in [0.29, 0.717) is 21.7 Å². The fourth-order valence-corrected chi connectivity index (χ4v) is 3.65. The van der Waals surface area contributed by atoms with Crippen LogP contribution in [-0.4, -0.2) is 39.8 Å². The Morgan fingerprint density at radius 3 is 2.75 bits per heavy atom. The lowest BCUT2D eigenvalue weighted by Gasteiger charge is -2.12. The Hall–Kier alpha value is -1.90. The number of fused-ring (bicyclic) bond motifs is 1. The third kappa shape index (κ3) is 3.95. The zero-order valence-electron chi connectivity index (χ0n) is 13.4. The first-order chi connectivity index (χ1) is 11.7. The highest BCUT2D eigenvalue weighted by Crippen LogP contribution is 2.32. The summed E-state index contributed by atoms with van der Waals surface area (Å²) < 4.78 is 5.21. The molecule has 1 atom stereocenters. The predicted molar refractivity (Wildman–Crippen MR) is 97.9 cm³/mol. The Morgan fingerprint density at radius 1 is 1.25 bits per heavy atom. The Bertz CT molecular complexity index is 810. The van der Waals surface area contributed by atoms with E-state index >= 15 is 0 Å². The summed E-state index contributed by atoms with van der Waals surface area (Å²) in [6.45, 7) is 1.90. The number of hydrogen-bond donors (Lipinski definition) is 2. The van der Waals surface area contributed by atoms with Crippen LogP contribution in [0.5, 0.6) is 5.19 Å². The molecule has 1 aromatic carbocycles. The smallest absolute Gasteiger partial charge is 0.275 e. The van der Waals surface area contributed by atoms with Gasteiger partial charge in [-0.3, -0.25) is 0 Å². The number of aromatic nitrogens is 3. The second-order valence-electron chi connectivity index (χ2n) is 5.19. The van der Waals surface area contributed by atoms with E-state index in [-0.39, 0.29) is 12.6 Å². The highest BCUT2D eigenvalue weighted by molar-refractivity contribution is 7.98. The van der Waals surface area contributed by atoms with Crippen molar-refractivity contribution < 1.29 is 9.84 Å². The zero-order chi connectivity index (χ0) is 16.9. The molecule has 0 aliphatic carbocycles. The molecule has 0 aliphatic rings. The molecule has 0 fully saturated rings. The van der Waals surface area contributed by atoms with Crippen molar-refractivity contribution in [1.29, 1.82) is 0 Å². The first-order valence-corrected chi connectivity index (χ1v) is 9.26. The van der Waals surface area contributed by atoms with Gasteiger partial charge in [0, 0.05) is 11.8 Å². The summed E-state index contributed by atoms with van der Waals surface area (Å²) in [7, 11) is 1.58. The van der Waals surface area contributed by atoms with Crippen molar-refractivity contribution in [3.8, 4) is 5.19 Å².